The summed E-state index contributed by atoms with van der Waals surface area (Å²) >= 11 is 1.43. The lowest BCUT2D eigenvalue weighted by Crippen LogP contribution is -2.24. The van der Waals surface area contributed by atoms with Crippen LogP contribution < -0.4 is 4.74 Å². The molecule has 2 heterocycles. The molecule has 4 nitrogen and oxygen atoms in total. The number of carbonyl (C=O) groups is 1. The number of carbonyl (C=O) groups excluding carboxylic acids is 1. The fourth-order valence-electron chi connectivity index (χ4n) is 2.48. The highest BCUT2D eigenvalue weighted by Gasteiger charge is 2.32. The van der Waals surface area contributed by atoms with Gasteiger partial charge in [0.25, 0.3) is 0 Å². The van der Waals surface area contributed by atoms with Crippen molar-refractivity contribution in [3.8, 4) is 16.3 Å². The molecule has 0 aliphatic carbocycles. The van der Waals surface area contributed by atoms with Gasteiger partial charge >= 0.3 is 5.97 Å². The topological polar surface area (TPSA) is 48.4 Å². The smallest absolute Gasteiger partial charge is 0.357 e. The van der Waals surface area contributed by atoms with Crippen LogP contribution in [0.25, 0.3) is 10.6 Å². The molecule has 1 aromatic heterocycles. The molecule has 1 aromatic carbocycles. The van der Waals surface area contributed by atoms with Gasteiger partial charge in [0.05, 0.1) is 12.2 Å². The number of hydrogen-bond donors (Lipinski definition) is 0. The molecular weight excluding hydrogens is 286 g/mol. The van der Waals surface area contributed by atoms with Gasteiger partial charge in [0, 0.05) is 11.8 Å². The van der Waals surface area contributed by atoms with E-state index in [4.69, 9.17) is 9.47 Å². The molecule has 0 fully saturated rings. The van der Waals surface area contributed by atoms with E-state index in [1.165, 1.54) is 16.9 Å². The maximum atomic E-state index is 11.7. The number of esters is 1. The highest BCUT2D eigenvalue weighted by Crippen LogP contribution is 2.42. The van der Waals surface area contributed by atoms with Crippen molar-refractivity contribution in [1.82, 2.24) is 4.98 Å². The minimum atomic E-state index is -0.381. The summed E-state index contributed by atoms with van der Waals surface area (Å²) < 4.78 is 11.0. The Morgan fingerprint density at radius 1 is 1.48 bits per heavy atom. The van der Waals surface area contributed by atoms with Crippen molar-refractivity contribution < 1.29 is 14.3 Å². The molecule has 0 radical (unpaired) electrons. The van der Waals surface area contributed by atoms with E-state index in [0.29, 0.717) is 12.3 Å². The second kappa shape index (κ2) is 5.15. The molecule has 3 rings (SSSR count). The van der Waals surface area contributed by atoms with Gasteiger partial charge in [0.15, 0.2) is 5.69 Å². The molecule has 110 valence electrons. The lowest BCUT2D eigenvalue weighted by Gasteiger charge is -2.17. The maximum absolute atomic E-state index is 11.7. The monoisotopic (exact) mass is 303 g/mol. The maximum Gasteiger partial charge on any atom is 0.357 e. The molecule has 0 spiro atoms. The van der Waals surface area contributed by atoms with Crippen molar-refractivity contribution in [3.05, 3.63) is 34.8 Å². The molecule has 0 saturated heterocycles. The van der Waals surface area contributed by atoms with E-state index in [9.17, 15) is 4.79 Å². The molecule has 0 bridgehead atoms. The van der Waals surface area contributed by atoms with E-state index in [-0.39, 0.29) is 11.6 Å². The molecule has 21 heavy (non-hydrogen) atoms. The van der Waals surface area contributed by atoms with Crippen molar-refractivity contribution in [2.75, 3.05) is 6.61 Å². The summed E-state index contributed by atoms with van der Waals surface area (Å²) in [6.07, 6.45) is 0.881. The van der Waals surface area contributed by atoms with Gasteiger partial charge in [-0.15, -0.1) is 11.3 Å². The van der Waals surface area contributed by atoms with Crippen LogP contribution in [0.4, 0.5) is 0 Å². The molecular formula is C16H17NO3S. The number of aromatic nitrogens is 1. The second-order valence-corrected chi connectivity index (χ2v) is 6.45. The molecule has 0 atom stereocenters. The van der Waals surface area contributed by atoms with E-state index in [0.717, 1.165) is 22.7 Å². The zero-order valence-electron chi connectivity index (χ0n) is 12.3. The minimum absolute atomic E-state index is 0.195. The highest BCUT2D eigenvalue weighted by molar-refractivity contribution is 7.13. The Labute approximate surface area is 127 Å². The number of para-hydroxylation sites is 1. The standard InChI is InChI=1S/C16H17NO3S/c1-4-19-15(18)12-9-21-14(17-12)11-7-5-6-10-8-16(2,3)20-13(10)11/h5-7,9H,4,8H2,1-3H3. The van der Waals surface area contributed by atoms with Gasteiger partial charge in [-0.25, -0.2) is 9.78 Å². The number of benzene rings is 1. The van der Waals surface area contributed by atoms with Gasteiger partial charge in [-0.1, -0.05) is 12.1 Å². The third-order valence-electron chi connectivity index (χ3n) is 3.31. The molecule has 0 N–H and O–H groups in total. The number of thiazole rings is 1. The van der Waals surface area contributed by atoms with E-state index >= 15 is 0 Å². The van der Waals surface area contributed by atoms with E-state index in [1.54, 1.807) is 12.3 Å². The van der Waals surface area contributed by atoms with Crippen LogP contribution in [0.2, 0.25) is 0 Å². The Bertz CT molecular complexity index is 691. The number of ether oxygens (including phenoxy) is 2. The van der Waals surface area contributed by atoms with Crippen LogP contribution in [0.15, 0.2) is 23.6 Å². The van der Waals surface area contributed by atoms with Gasteiger partial charge < -0.3 is 9.47 Å². The van der Waals surface area contributed by atoms with Crippen molar-refractivity contribution in [2.45, 2.75) is 32.8 Å². The Hall–Kier alpha value is -1.88. The van der Waals surface area contributed by atoms with Crippen molar-refractivity contribution in [3.63, 3.8) is 0 Å². The van der Waals surface area contributed by atoms with Gasteiger partial charge in [-0.3, -0.25) is 0 Å². The minimum Gasteiger partial charge on any atom is -0.486 e. The first-order chi connectivity index (χ1) is 10.00. The zero-order chi connectivity index (χ0) is 15.0. The summed E-state index contributed by atoms with van der Waals surface area (Å²) in [6, 6.07) is 6.06. The summed E-state index contributed by atoms with van der Waals surface area (Å²) in [6.45, 7) is 6.28. The Morgan fingerprint density at radius 3 is 3.05 bits per heavy atom. The summed E-state index contributed by atoms with van der Waals surface area (Å²) in [5, 5.41) is 2.51. The second-order valence-electron chi connectivity index (χ2n) is 5.59. The molecule has 5 heteroatoms. The fourth-order valence-corrected chi connectivity index (χ4v) is 3.29. The van der Waals surface area contributed by atoms with Crippen LogP contribution >= 0.6 is 11.3 Å². The number of rotatable bonds is 3. The average Bonchev–Trinajstić information content (AvgIpc) is 3.00. The van der Waals surface area contributed by atoms with Crippen LogP contribution in [-0.2, 0) is 11.2 Å². The number of nitrogens with zero attached hydrogens (tertiary/aromatic N) is 1. The van der Waals surface area contributed by atoms with Crippen LogP contribution in [0.5, 0.6) is 5.75 Å². The molecule has 1 aliphatic heterocycles. The summed E-state index contributed by atoms with van der Waals surface area (Å²) in [7, 11) is 0. The van der Waals surface area contributed by atoms with E-state index in [1.807, 2.05) is 12.1 Å². The third-order valence-corrected chi connectivity index (χ3v) is 4.19. The lowest BCUT2D eigenvalue weighted by atomic mass is 10.0. The fraction of sp³-hybridized carbons (Fsp3) is 0.375. The highest BCUT2D eigenvalue weighted by atomic mass is 32.1. The van der Waals surface area contributed by atoms with Crippen molar-refractivity contribution >= 4 is 17.3 Å². The first-order valence-corrected chi connectivity index (χ1v) is 7.82. The van der Waals surface area contributed by atoms with E-state index < -0.39 is 0 Å². The van der Waals surface area contributed by atoms with Crippen LogP contribution in [0.1, 0.15) is 36.8 Å². The quantitative estimate of drug-likeness (QED) is 0.811. The van der Waals surface area contributed by atoms with Crippen LogP contribution in [-0.4, -0.2) is 23.2 Å². The molecule has 1 aliphatic rings. The Kier molecular flexibility index (Phi) is 3.45. The number of fused-ring (bicyclic) bond motifs is 1. The molecule has 0 unspecified atom stereocenters. The van der Waals surface area contributed by atoms with Gasteiger partial charge in [-0.05, 0) is 32.4 Å². The van der Waals surface area contributed by atoms with Crippen molar-refractivity contribution in [1.29, 1.82) is 0 Å². The molecule has 0 saturated carbocycles. The predicted molar refractivity (Wildman–Crippen MR) is 81.9 cm³/mol. The molecule has 0 amide bonds. The van der Waals surface area contributed by atoms with Gasteiger partial charge in [0.2, 0.25) is 0 Å². The Morgan fingerprint density at radius 2 is 2.29 bits per heavy atom. The van der Waals surface area contributed by atoms with Crippen LogP contribution in [0.3, 0.4) is 0 Å². The van der Waals surface area contributed by atoms with Crippen LogP contribution in [0, 0.1) is 0 Å². The summed E-state index contributed by atoms with van der Waals surface area (Å²) in [5.74, 6) is 0.501. The Balaban J connectivity index is 1.96. The van der Waals surface area contributed by atoms with E-state index in [2.05, 4.69) is 24.9 Å². The lowest BCUT2D eigenvalue weighted by molar-refractivity contribution is 0.0520. The first kappa shape index (κ1) is 14.1. The zero-order valence-corrected chi connectivity index (χ0v) is 13.1. The van der Waals surface area contributed by atoms with Gasteiger partial charge in [-0.2, -0.15) is 0 Å². The predicted octanol–water partition coefficient (Wildman–Crippen LogP) is 3.70. The van der Waals surface area contributed by atoms with Gasteiger partial charge in [0.1, 0.15) is 16.4 Å². The average molecular weight is 303 g/mol. The summed E-state index contributed by atoms with van der Waals surface area (Å²) in [4.78, 5) is 16.1. The van der Waals surface area contributed by atoms with Crippen molar-refractivity contribution in [2.24, 2.45) is 0 Å². The summed E-state index contributed by atoms with van der Waals surface area (Å²) in [5.41, 5.74) is 2.29. The third kappa shape index (κ3) is 2.65. The number of hydrogen-bond acceptors (Lipinski definition) is 5. The normalized spacial score (nSPS) is 15.4. The largest absolute Gasteiger partial charge is 0.486 e. The SMILES string of the molecule is CCOC(=O)c1csc(-c2cccc3c2OC(C)(C)C3)n1. The molecule has 2 aromatic rings. The first-order valence-electron chi connectivity index (χ1n) is 6.94.